The van der Waals surface area contributed by atoms with Gasteiger partial charge in [0.1, 0.15) is 6.10 Å². The summed E-state index contributed by atoms with van der Waals surface area (Å²) in [6.45, 7) is 1.67. The molecule has 2 fully saturated rings. The van der Waals surface area contributed by atoms with Gasteiger partial charge in [-0.1, -0.05) is 0 Å². The molecule has 13 heavy (non-hydrogen) atoms. The Morgan fingerprint density at radius 3 is 2.85 bits per heavy atom. The van der Waals surface area contributed by atoms with E-state index in [-0.39, 0.29) is 17.5 Å². The van der Waals surface area contributed by atoms with Crippen LogP contribution in [0.25, 0.3) is 0 Å². The summed E-state index contributed by atoms with van der Waals surface area (Å²) < 4.78 is 10.4. The molecule has 1 heterocycles. The van der Waals surface area contributed by atoms with Crippen molar-refractivity contribution >= 4 is 5.97 Å². The lowest BCUT2D eigenvalue weighted by Crippen LogP contribution is -2.30. The van der Waals surface area contributed by atoms with Crippen LogP contribution in [0.2, 0.25) is 0 Å². The molecule has 2 N–H and O–H groups in total. The normalized spacial score (nSPS) is 30.1. The molecule has 0 bridgehead atoms. The lowest BCUT2D eigenvalue weighted by molar-refractivity contribution is -0.155. The molecule has 0 aromatic carbocycles. The molecule has 0 aromatic rings. The fraction of sp³-hybridized carbons (Fsp3) is 0.889. The zero-order valence-corrected chi connectivity index (χ0v) is 7.62. The number of nitrogens with two attached hydrogens (primary N) is 1. The Morgan fingerprint density at radius 1 is 1.62 bits per heavy atom. The van der Waals surface area contributed by atoms with Gasteiger partial charge in [-0.05, 0) is 12.8 Å². The van der Waals surface area contributed by atoms with Crippen LogP contribution >= 0.6 is 0 Å². The smallest absolute Gasteiger partial charge is 0.313 e. The van der Waals surface area contributed by atoms with Crippen molar-refractivity contribution in [3.05, 3.63) is 0 Å². The first-order chi connectivity index (χ1) is 6.27. The first kappa shape index (κ1) is 8.97. The predicted octanol–water partition coefficient (Wildman–Crippen LogP) is 0.0574. The Balaban J connectivity index is 1.84. The summed E-state index contributed by atoms with van der Waals surface area (Å²) in [5.74, 6) is -0.120. The number of ether oxygens (including phenoxy) is 2. The van der Waals surface area contributed by atoms with Crippen molar-refractivity contribution in [2.24, 2.45) is 11.1 Å². The Morgan fingerprint density at radius 2 is 2.38 bits per heavy atom. The standard InChI is InChI=1S/C9H15NO3/c10-6-9(2-3-9)8(11)13-7-1-4-12-5-7/h7H,1-6,10H2. The van der Waals surface area contributed by atoms with E-state index in [4.69, 9.17) is 15.2 Å². The highest BCUT2D eigenvalue weighted by atomic mass is 16.6. The average Bonchev–Trinajstić information content (AvgIpc) is 2.79. The molecule has 4 nitrogen and oxygen atoms in total. The molecule has 0 radical (unpaired) electrons. The highest BCUT2D eigenvalue weighted by molar-refractivity contribution is 5.80. The summed E-state index contributed by atoms with van der Waals surface area (Å²) in [5.41, 5.74) is 5.18. The minimum atomic E-state index is -0.331. The lowest BCUT2D eigenvalue weighted by Gasteiger charge is -2.15. The van der Waals surface area contributed by atoms with E-state index in [1.165, 1.54) is 0 Å². The van der Waals surface area contributed by atoms with Crippen molar-refractivity contribution in [2.45, 2.75) is 25.4 Å². The summed E-state index contributed by atoms with van der Waals surface area (Å²) in [6.07, 6.45) is 2.56. The summed E-state index contributed by atoms with van der Waals surface area (Å²) >= 11 is 0. The van der Waals surface area contributed by atoms with Crippen LogP contribution in [0.15, 0.2) is 0 Å². The van der Waals surface area contributed by atoms with Crippen LogP contribution in [0.5, 0.6) is 0 Å². The van der Waals surface area contributed by atoms with E-state index in [9.17, 15) is 4.79 Å². The van der Waals surface area contributed by atoms with Gasteiger partial charge in [-0.25, -0.2) is 0 Å². The van der Waals surface area contributed by atoms with Crippen LogP contribution in [-0.2, 0) is 14.3 Å². The highest BCUT2D eigenvalue weighted by Gasteiger charge is 2.50. The summed E-state index contributed by atoms with van der Waals surface area (Å²) in [7, 11) is 0. The van der Waals surface area contributed by atoms with Crippen LogP contribution in [0.3, 0.4) is 0 Å². The molecular weight excluding hydrogens is 170 g/mol. The van der Waals surface area contributed by atoms with Gasteiger partial charge in [0.05, 0.1) is 18.6 Å². The molecule has 4 heteroatoms. The van der Waals surface area contributed by atoms with Gasteiger partial charge in [0.2, 0.25) is 0 Å². The second-order valence-electron chi connectivity index (χ2n) is 3.88. The SMILES string of the molecule is NCC1(C(=O)OC2CCOC2)CC1. The number of esters is 1. The number of hydrogen-bond acceptors (Lipinski definition) is 4. The van der Waals surface area contributed by atoms with Gasteiger partial charge in [-0.2, -0.15) is 0 Å². The molecule has 1 aliphatic heterocycles. The monoisotopic (exact) mass is 185 g/mol. The van der Waals surface area contributed by atoms with E-state index in [1.54, 1.807) is 0 Å². The molecule has 1 aliphatic carbocycles. The molecule has 1 atom stereocenters. The number of carbonyl (C=O) groups is 1. The quantitative estimate of drug-likeness (QED) is 0.631. The van der Waals surface area contributed by atoms with Gasteiger partial charge < -0.3 is 15.2 Å². The van der Waals surface area contributed by atoms with E-state index >= 15 is 0 Å². The third-order valence-corrected chi connectivity index (χ3v) is 2.84. The van der Waals surface area contributed by atoms with Gasteiger partial charge in [0, 0.05) is 13.0 Å². The fourth-order valence-electron chi connectivity index (χ4n) is 1.52. The Hall–Kier alpha value is -0.610. The molecule has 2 aliphatic rings. The third kappa shape index (κ3) is 1.69. The molecule has 1 saturated heterocycles. The molecule has 0 amide bonds. The summed E-state index contributed by atoms with van der Waals surface area (Å²) in [5, 5.41) is 0. The van der Waals surface area contributed by atoms with Gasteiger partial charge in [0.15, 0.2) is 0 Å². The van der Waals surface area contributed by atoms with Gasteiger partial charge >= 0.3 is 5.97 Å². The zero-order valence-electron chi connectivity index (χ0n) is 7.62. The van der Waals surface area contributed by atoms with E-state index in [0.717, 1.165) is 19.3 Å². The number of carbonyl (C=O) groups excluding carboxylic acids is 1. The summed E-state index contributed by atoms with van der Waals surface area (Å²) in [6, 6.07) is 0. The van der Waals surface area contributed by atoms with E-state index in [0.29, 0.717) is 19.8 Å². The zero-order chi connectivity index (χ0) is 9.31. The molecule has 1 saturated carbocycles. The van der Waals surface area contributed by atoms with Gasteiger partial charge in [-0.15, -0.1) is 0 Å². The predicted molar refractivity (Wildman–Crippen MR) is 46.0 cm³/mol. The second kappa shape index (κ2) is 3.27. The topological polar surface area (TPSA) is 61.6 Å². The lowest BCUT2D eigenvalue weighted by atomic mass is 10.1. The highest BCUT2D eigenvalue weighted by Crippen LogP contribution is 2.45. The molecule has 74 valence electrons. The minimum Gasteiger partial charge on any atom is -0.459 e. The second-order valence-corrected chi connectivity index (χ2v) is 3.88. The van der Waals surface area contributed by atoms with Crippen molar-refractivity contribution < 1.29 is 14.3 Å². The molecule has 2 rings (SSSR count). The number of rotatable bonds is 3. The van der Waals surface area contributed by atoms with Gasteiger partial charge in [0.25, 0.3) is 0 Å². The average molecular weight is 185 g/mol. The molecule has 0 aromatic heterocycles. The Kier molecular flexibility index (Phi) is 2.26. The fourth-order valence-corrected chi connectivity index (χ4v) is 1.52. The van der Waals surface area contributed by atoms with Crippen molar-refractivity contribution in [3.63, 3.8) is 0 Å². The Labute approximate surface area is 77.4 Å². The van der Waals surface area contributed by atoms with Crippen LogP contribution < -0.4 is 5.73 Å². The maximum Gasteiger partial charge on any atom is 0.313 e. The van der Waals surface area contributed by atoms with Gasteiger partial charge in [-0.3, -0.25) is 4.79 Å². The largest absolute Gasteiger partial charge is 0.459 e. The first-order valence-corrected chi connectivity index (χ1v) is 4.76. The van der Waals surface area contributed by atoms with Crippen LogP contribution in [0, 0.1) is 5.41 Å². The van der Waals surface area contributed by atoms with Crippen LogP contribution in [0.1, 0.15) is 19.3 Å². The number of hydrogen-bond donors (Lipinski definition) is 1. The van der Waals surface area contributed by atoms with Crippen molar-refractivity contribution in [1.29, 1.82) is 0 Å². The maximum absolute atomic E-state index is 11.6. The molecular formula is C9H15NO3. The van der Waals surface area contributed by atoms with Crippen molar-refractivity contribution in [3.8, 4) is 0 Å². The van der Waals surface area contributed by atoms with E-state index < -0.39 is 0 Å². The van der Waals surface area contributed by atoms with Crippen LogP contribution in [-0.4, -0.2) is 31.8 Å². The maximum atomic E-state index is 11.6. The van der Waals surface area contributed by atoms with Crippen LogP contribution in [0.4, 0.5) is 0 Å². The third-order valence-electron chi connectivity index (χ3n) is 2.84. The minimum absolute atomic E-state index is 0.0310. The van der Waals surface area contributed by atoms with E-state index in [2.05, 4.69) is 0 Å². The molecule has 1 unspecified atom stereocenters. The van der Waals surface area contributed by atoms with Crippen molar-refractivity contribution in [2.75, 3.05) is 19.8 Å². The first-order valence-electron chi connectivity index (χ1n) is 4.76. The van der Waals surface area contributed by atoms with E-state index in [1.807, 2.05) is 0 Å². The summed E-state index contributed by atoms with van der Waals surface area (Å²) in [4.78, 5) is 11.6. The van der Waals surface area contributed by atoms with Crippen molar-refractivity contribution in [1.82, 2.24) is 0 Å². The molecule has 0 spiro atoms. The Bertz CT molecular complexity index is 207.